The van der Waals surface area contributed by atoms with Crippen LogP contribution in [-0.4, -0.2) is 41.9 Å². The van der Waals surface area contributed by atoms with Crippen LogP contribution in [0.15, 0.2) is 53.0 Å². The first-order valence-electron chi connectivity index (χ1n) is 9.22. The van der Waals surface area contributed by atoms with Crippen molar-refractivity contribution in [2.45, 2.75) is 13.3 Å². The SMILES string of the molecule is Cc1cccc(NC(=O)COC(=O)[C@H]2CC(=O)N(NC(=O)c3ccc(Br)cc3)C2)c1. The molecule has 2 aromatic rings. The largest absolute Gasteiger partial charge is 0.455 e. The van der Waals surface area contributed by atoms with Gasteiger partial charge < -0.3 is 10.1 Å². The lowest BCUT2D eigenvalue weighted by Gasteiger charge is -2.17. The number of nitrogens with zero attached hydrogens (tertiary/aromatic N) is 1. The van der Waals surface area contributed by atoms with E-state index in [0.29, 0.717) is 11.3 Å². The molecule has 156 valence electrons. The molecule has 1 heterocycles. The highest BCUT2D eigenvalue weighted by atomic mass is 79.9. The summed E-state index contributed by atoms with van der Waals surface area (Å²) in [5.74, 6) is -2.75. The van der Waals surface area contributed by atoms with E-state index in [2.05, 4.69) is 26.7 Å². The maximum atomic E-state index is 12.3. The second kappa shape index (κ2) is 9.53. The van der Waals surface area contributed by atoms with Crippen molar-refractivity contribution >= 4 is 45.3 Å². The predicted molar refractivity (Wildman–Crippen MR) is 112 cm³/mol. The molecule has 1 aliphatic heterocycles. The number of rotatable bonds is 6. The molecule has 0 spiro atoms. The number of hydrazine groups is 1. The minimum absolute atomic E-state index is 0.0145. The zero-order chi connectivity index (χ0) is 21.7. The summed E-state index contributed by atoms with van der Waals surface area (Å²) in [5.41, 5.74) is 4.47. The maximum absolute atomic E-state index is 12.3. The van der Waals surface area contributed by atoms with E-state index in [-0.39, 0.29) is 13.0 Å². The Morgan fingerprint density at radius 3 is 2.60 bits per heavy atom. The number of hydrogen-bond acceptors (Lipinski definition) is 5. The molecule has 1 fully saturated rings. The van der Waals surface area contributed by atoms with E-state index in [1.165, 1.54) is 0 Å². The summed E-state index contributed by atoms with van der Waals surface area (Å²) in [4.78, 5) is 48.6. The molecule has 3 rings (SSSR count). The Morgan fingerprint density at radius 1 is 1.17 bits per heavy atom. The Kier molecular flexibility index (Phi) is 6.83. The molecule has 8 nitrogen and oxygen atoms in total. The van der Waals surface area contributed by atoms with Gasteiger partial charge in [-0.25, -0.2) is 0 Å². The molecule has 30 heavy (non-hydrogen) atoms. The molecule has 0 aliphatic carbocycles. The minimum atomic E-state index is -0.755. The molecule has 9 heteroatoms. The molecule has 0 bridgehead atoms. The number of halogens is 1. The third-order valence-electron chi connectivity index (χ3n) is 4.45. The summed E-state index contributed by atoms with van der Waals surface area (Å²) in [6.45, 7) is 1.43. The molecule has 2 N–H and O–H groups in total. The van der Waals surface area contributed by atoms with Crippen molar-refractivity contribution in [3.63, 3.8) is 0 Å². The lowest BCUT2D eigenvalue weighted by Crippen LogP contribution is -2.43. The van der Waals surface area contributed by atoms with Crippen LogP contribution in [0.1, 0.15) is 22.3 Å². The van der Waals surface area contributed by atoms with E-state index in [9.17, 15) is 19.2 Å². The first-order chi connectivity index (χ1) is 14.3. The number of aryl methyl sites for hydroxylation is 1. The van der Waals surface area contributed by atoms with E-state index in [0.717, 1.165) is 15.0 Å². The molecule has 0 aromatic heterocycles. The van der Waals surface area contributed by atoms with Gasteiger partial charge in [0.1, 0.15) is 0 Å². The van der Waals surface area contributed by atoms with Gasteiger partial charge in [0.25, 0.3) is 11.8 Å². The average molecular weight is 474 g/mol. The zero-order valence-corrected chi connectivity index (χ0v) is 17.8. The predicted octanol–water partition coefficient (Wildman–Crippen LogP) is 2.43. The highest BCUT2D eigenvalue weighted by Gasteiger charge is 2.36. The second-order valence-corrected chi connectivity index (χ2v) is 7.79. The van der Waals surface area contributed by atoms with Gasteiger partial charge in [-0.2, -0.15) is 0 Å². The monoisotopic (exact) mass is 473 g/mol. The number of carbonyl (C=O) groups excluding carboxylic acids is 4. The number of esters is 1. The van der Waals surface area contributed by atoms with Gasteiger partial charge in [0.15, 0.2) is 6.61 Å². The Balaban J connectivity index is 1.47. The van der Waals surface area contributed by atoms with E-state index < -0.39 is 36.2 Å². The Hall–Kier alpha value is -3.20. The minimum Gasteiger partial charge on any atom is -0.455 e. The first-order valence-corrected chi connectivity index (χ1v) is 10.0. The number of benzene rings is 2. The van der Waals surface area contributed by atoms with Crippen LogP contribution in [0.4, 0.5) is 5.69 Å². The van der Waals surface area contributed by atoms with Gasteiger partial charge in [-0.3, -0.25) is 29.6 Å². The van der Waals surface area contributed by atoms with Gasteiger partial charge in [0, 0.05) is 22.1 Å². The molecular weight excluding hydrogens is 454 g/mol. The maximum Gasteiger partial charge on any atom is 0.311 e. The van der Waals surface area contributed by atoms with Crippen molar-refractivity contribution < 1.29 is 23.9 Å². The van der Waals surface area contributed by atoms with Crippen LogP contribution in [-0.2, 0) is 19.1 Å². The third kappa shape index (κ3) is 5.66. The van der Waals surface area contributed by atoms with Crippen LogP contribution in [0.5, 0.6) is 0 Å². The van der Waals surface area contributed by atoms with Gasteiger partial charge in [-0.15, -0.1) is 0 Å². The topological polar surface area (TPSA) is 105 Å². The molecule has 3 amide bonds. The molecule has 1 saturated heterocycles. The van der Waals surface area contributed by atoms with E-state index in [4.69, 9.17) is 4.74 Å². The van der Waals surface area contributed by atoms with Crippen LogP contribution in [0.25, 0.3) is 0 Å². The summed E-state index contributed by atoms with van der Waals surface area (Å²) in [7, 11) is 0. The van der Waals surface area contributed by atoms with Gasteiger partial charge in [0.05, 0.1) is 12.5 Å². The Bertz CT molecular complexity index is 977. The van der Waals surface area contributed by atoms with E-state index in [1.54, 1.807) is 42.5 Å². The molecule has 0 saturated carbocycles. The highest BCUT2D eigenvalue weighted by Crippen LogP contribution is 2.18. The fraction of sp³-hybridized carbons (Fsp3) is 0.238. The van der Waals surface area contributed by atoms with Crippen LogP contribution in [0.2, 0.25) is 0 Å². The Morgan fingerprint density at radius 2 is 1.90 bits per heavy atom. The van der Waals surface area contributed by atoms with Crippen LogP contribution >= 0.6 is 15.9 Å². The third-order valence-corrected chi connectivity index (χ3v) is 4.98. The zero-order valence-electron chi connectivity index (χ0n) is 16.2. The van der Waals surface area contributed by atoms with Gasteiger partial charge in [0.2, 0.25) is 5.91 Å². The van der Waals surface area contributed by atoms with Crippen molar-refractivity contribution in [1.29, 1.82) is 0 Å². The normalized spacial score (nSPS) is 15.6. The van der Waals surface area contributed by atoms with Crippen molar-refractivity contribution in [1.82, 2.24) is 10.4 Å². The smallest absolute Gasteiger partial charge is 0.311 e. The Labute approximate surface area is 181 Å². The summed E-state index contributed by atoms with van der Waals surface area (Å²) < 4.78 is 5.87. The molecule has 1 atom stereocenters. The van der Waals surface area contributed by atoms with E-state index >= 15 is 0 Å². The fourth-order valence-electron chi connectivity index (χ4n) is 2.94. The number of ether oxygens (including phenoxy) is 1. The van der Waals surface area contributed by atoms with Crippen LogP contribution < -0.4 is 10.7 Å². The standard InChI is InChI=1S/C21H20BrN3O5/c1-13-3-2-4-17(9-13)23-18(26)12-30-21(29)15-10-19(27)25(11-15)24-20(28)14-5-7-16(22)8-6-14/h2-9,15H,10-12H2,1H3,(H,23,26)(H,24,28)/t15-/m0/s1. The number of carbonyl (C=O) groups is 4. The summed E-state index contributed by atoms with van der Waals surface area (Å²) >= 11 is 3.29. The van der Waals surface area contributed by atoms with Gasteiger partial charge in [-0.1, -0.05) is 28.1 Å². The average Bonchev–Trinajstić information content (AvgIpc) is 3.07. The second-order valence-electron chi connectivity index (χ2n) is 6.88. The molecule has 1 aliphatic rings. The van der Waals surface area contributed by atoms with E-state index in [1.807, 2.05) is 13.0 Å². The fourth-order valence-corrected chi connectivity index (χ4v) is 3.20. The molecule has 0 radical (unpaired) electrons. The molecule has 0 unspecified atom stereocenters. The number of anilines is 1. The van der Waals surface area contributed by atoms with Crippen molar-refractivity contribution in [3.05, 3.63) is 64.1 Å². The van der Waals surface area contributed by atoms with Gasteiger partial charge >= 0.3 is 5.97 Å². The van der Waals surface area contributed by atoms with Crippen LogP contribution in [0, 0.1) is 12.8 Å². The van der Waals surface area contributed by atoms with Crippen LogP contribution in [0.3, 0.4) is 0 Å². The van der Waals surface area contributed by atoms with Crippen molar-refractivity contribution in [3.8, 4) is 0 Å². The lowest BCUT2D eigenvalue weighted by molar-refractivity contribution is -0.151. The van der Waals surface area contributed by atoms with Gasteiger partial charge in [-0.05, 0) is 48.9 Å². The number of hydrogen-bond donors (Lipinski definition) is 2. The molecular formula is C21H20BrN3O5. The van der Waals surface area contributed by atoms with Crippen molar-refractivity contribution in [2.24, 2.45) is 5.92 Å². The summed E-state index contributed by atoms with van der Waals surface area (Å²) in [6.07, 6.45) is -0.0983. The molecule has 2 aromatic carbocycles. The lowest BCUT2D eigenvalue weighted by atomic mass is 10.1. The summed E-state index contributed by atoms with van der Waals surface area (Å²) in [6, 6.07) is 13.9. The highest BCUT2D eigenvalue weighted by molar-refractivity contribution is 9.10. The quantitative estimate of drug-likeness (QED) is 0.626. The van der Waals surface area contributed by atoms with Crippen molar-refractivity contribution in [2.75, 3.05) is 18.5 Å². The number of amides is 3. The summed E-state index contributed by atoms with van der Waals surface area (Å²) in [5, 5.41) is 3.74. The first kappa shape index (κ1) is 21.5. The number of nitrogens with one attached hydrogen (secondary N) is 2.